The van der Waals surface area contributed by atoms with Gasteiger partial charge < -0.3 is 14.3 Å². The molecule has 1 atom stereocenters. The largest absolute Gasteiger partial charge is 0.461 e. The highest BCUT2D eigenvalue weighted by Crippen LogP contribution is 2.35. The molecule has 4 rings (SSSR count). The Labute approximate surface area is 139 Å². The van der Waals surface area contributed by atoms with Crippen molar-refractivity contribution in [2.75, 3.05) is 0 Å². The number of hydrogen-bond acceptors (Lipinski definition) is 4. The van der Waals surface area contributed by atoms with Crippen LogP contribution >= 0.6 is 0 Å². The van der Waals surface area contributed by atoms with Crippen molar-refractivity contribution < 1.29 is 13.7 Å². The lowest BCUT2D eigenvalue weighted by Crippen LogP contribution is -2.24. The molecule has 0 unspecified atom stereocenters. The SMILES string of the molecule is O=C(C[C@@H]1CCc2ccccc21)NCc1cc(-c2ccco2)on1. The van der Waals surface area contributed by atoms with Crippen LogP contribution in [0.4, 0.5) is 0 Å². The number of nitrogens with one attached hydrogen (secondary N) is 1. The van der Waals surface area contributed by atoms with Gasteiger partial charge in [-0.1, -0.05) is 29.4 Å². The van der Waals surface area contributed by atoms with Gasteiger partial charge in [-0.3, -0.25) is 4.79 Å². The monoisotopic (exact) mass is 322 g/mol. The molecule has 2 aromatic heterocycles. The lowest BCUT2D eigenvalue weighted by atomic mass is 9.97. The Kier molecular flexibility index (Phi) is 3.91. The van der Waals surface area contributed by atoms with E-state index >= 15 is 0 Å². The van der Waals surface area contributed by atoms with Crippen molar-refractivity contribution >= 4 is 5.91 Å². The summed E-state index contributed by atoms with van der Waals surface area (Å²) in [6, 6.07) is 13.8. The van der Waals surface area contributed by atoms with E-state index in [0.29, 0.717) is 36.1 Å². The second kappa shape index (κ2) is 6.35. The second-order valence-corrected chi connectivity index (χ2v) is 6.08. The predicted molar refractivity (Wildman–Crippen MR) is 88.2 cm³/mol. The number of furan rings is 1. The molecule has 24 heavy (non-hydrogen) atoms. The van der Waals surface area contributed by atoms with Crippen LogP contribution in [-0.4, -0.2) is 11.1 Å². The lowest BCUT2D eigenvalue weighted by Gasteiger charge is -2.11. The number of rotatable bonds is 5. The third-order valence-electron chi connectivity index (χ3n) is 4.48. The first-order valence-corrected chi connectivity index (χ1v) is 8.13. The summed E-state index contributed by atoms with van der Waals surface area (Å²) in [7, 11) is 0. The molecule has 5 nitrogen and oxygen atoms in total. The summed E-state index contributed by atoms with van der Waals surface area (Å²) in [6.07, 6.45) is 4.20. The zero-order chi connectivity index (χ0) is 16.4. The first-order valence-electron chi connectivity index (χ1n) is 8.13. The normalized spacial score (nSPS) is 16.1. The minimum atomic E-state index is 0.0410. The van der Waals surface area contributed by atoms with Crippen molar-refractivity contribution in [1.82, 2.24) is 10.5 Å². The molecule has 1 N–H and O–H groups in total. The van der Waals surface area contributed by atoms with Gasteiger partial charge in [-0.05, 0) is 42.0 Å². The maximum Gasteiger partial charge on any atom is 0.220 e. The summed E-state index contributed by atoms with van der Waals surface area (Å²) in [5, 5.41) is 6.89. The number of aromatic nitrogens is 1. The number of benzene rings is 1. The standard InChI is InChI=1S/C19H18N2O3/c22-19(10-14-8-7-13-4-1-2-5-16(13)14)20-12-15-11-18(24-21-15)17-6-3-9-23-17/h1-6,9,11,14H,7-8,10,12H2,(H,20,22)/t14-/m0/s1. The molecule has 0 aliphatic heterocycles. The van der Waals surface area contributed by atoms with Crippen molar-refractivity contribution in [3.05, 3.63) is 65.5 Å². The maximum absolute atomic E-state index is 12.2. The van der Waals surface area contributed by atoms with Crippen LogP contribution < -0.4 is 5.32 Å². The molecular weight excluding hydrogens is 304 g/mol. The van der Waals surface area contributed by atoms with Gasteiger partial charge in [0, 0.05) is 12.5 Å². The van der Waals surface area contributed by atoms with E-state index < -0.39 is 0 Å². The number of carbonyl (C=O) groups excluding carboxylic acids is 1. The Bertz CT molecular complexity index is 836. The summed E-state index contributed by atoms with van der Waals surface area (Å²) in [5.41, 5.74) is 3.37. The number of hydrogen-bond donors (Lipinski definition) is 1. The van der Waals surface area contributed by atoms with Crippen LogP contribution in [0, 0.1) is 0 Å². The number of carbonyl (C=O) groups is 1. The van der Waals surface area contributed by atoms with Crippen molar-refractivity contribution in [2.24, 2.45) is 0 Å². The molecule has 5 heteroatoms. The van der Waals surface area contributed by atoms with Gasteiger partial charge in [0.1, 0.15) is 5.69 Å². The quantitative estimate of drug-likeness (QED) is 0.778. The molecule has 0 bridgehead atoms. The summed E-state index contributed by atoms with van der Waals surface area (Å²) in [4.78, 5) is 12.2. The van der Waals surface area contributed by atoms with Crippen LogP contribution in [0.25, 0.3) is 11.5 Å². The van der Waals surface area contributed by atoms with Crippen molar-refractivity contribution in [2.45, 2.75) is 31.7 Å². The Balaban J connectivity index is 1.33. The highest BCUT2D eigenvalue weighted by Gasteiger charge is 2.24. The first kappa shape index (κ1) is 14.8. The third-order valence-corrected chi connectivity index (χ3v) is 4.48. The van der Waals surface area contributed by atoms with Gasteiger partial charge in [0.2, 0.25) is 11.7 Å². The highest BCUT2D eigenvalue weighted by molar-refractivity contribution is 5.77. The molecule has 0 spiro atoms. The molecule has 0 saturated heterocycles. The van der Waals surface area contributed by atoms with Crippen LogP contribution in [0.3, 0.4) is 0 Å². The van der Waals surface area contributed by atoms with Gasteiger partial charge in [0.15, 0.2) is 5.76 Å². The number of aryl methyl sites for hydroxylation is 1. The average molecular weight is 322 g/mol. The molecule has 1 aliphatic carbocycles. The van der Waals surface area contributed by atoms with Gasteiger partial charge in [-0.2, -0.15) is 0 Å². The minimum absolute atomic E-state index is 0.0410. The van der Waals surface area contributed by atoms with E-state index in [0.717, 1.165) is 12.8 Å². The van der Waals surface area contributed by atoms with Crippen LogP contribution in [0.5, 0.6) is 0 Å². The van der Waals surface area contributed by atoms with Crippen molar-refractivity contribution in [1.29, 1.82) is 0 Å². The van der Waals surface area contributed by atoms with Crippen LogP contribution in [0.2, 0.25) is 0 Å². The summed E-state index contributed by atoms with van der Waals surface area (Å²) >= 11 is 0. The van der Waals surface area contributed by atoms with E-state index in [1.165, 1.54) is 11.1 Å². The summed E-state index contributed by atoms with van der Waals surface area (Å²) in [5.74, 6) is 1.55. The van der Waals surface area contributed by atoms with Gasteiger partial charge in [0.05, 0.1) is 12.8 Å². The molecule has 3 aromatic rings. The Morgan fingerprint density at radius 3 is 3.00 bits per heavy atom. The average Bonchev–Trinajstić information content (AvgIpc) is 3.34. The highest BCUT2D eigenvalue weighted by atomic mass is 16.5. The zero-order valence-corrected chi connectivity index (χ0v) is 13.2. The van der Waals surface area contributed by atoms with Crippen molar-refractivity contribution in [3.8, 4) is 11.5 Å². The Hall–Kier alpha value is -2.82. The van der Waals surface area contributed by atoms with Gasteiger partial charge in [0.25, 0.3) is 0 Å². The molecular formula is C19H18N2O3. The maximum atomic E-state index is 12.2. The van der Waals surface area contributed by atoms with E-state index in [4.69, 9.17) is 8.94 Å². The fraction of sp³-hybridized carbons (Fsp3) is 0.263. The van der Waals surface area contributed by atoms with E-state index in [9.17, 15) is 4.79 Å². The van der Waals surface area contributed by atoms with Gasteiger partial charge in [-0.25, -0.2) is 0 Å². The fourth-order valence-corrected chi connectivity index (χ4v) is 3.27. The van der Waals surface area contributed by atoms with E-state index in [-0.39, 0.29) is 5.91 Å². The second-order valence-electron chi connectivity index (χ2n) is 6.08. The molecule has 122 valence electrons. The van der Waals surface area contributed by atoms with E-state index in [1.807, 2.05) is 6.07 Å². The molecule has 0 saturated carbocycles. The molecule has 1 aliphatic rings. The molecule has 1 aromatic carbocycles. The van der Waals surface area contributed by atoms with Crippen LogP contribution in [0.15, 0.2) is 57.7 Å². The van der Waals surface area contributed by atoms with E-state index in [1.54, 1.807) is 24.5 Å². The number of fused-ring (bicyclic) bond motifs is 1. The fourth-order valence-electron chi connectivity index (χ4n) is 3.27. The predicted octanol–water partition coefficient (Wildman–Crippen LogP) is 3.67. The summed E-state index contributed by atoms with van der Waals surface area (Å²) < 4.78 is 10.5. The molecule has 2 heterocycles. The summed E-state index contributed by atoms with van der Waals surface area (Å²) in [6.45, 7) is 0.359. The van der Waals surface area contributed by atoms with E-state index in [2.05, 4.69) is 28.7 Å². The Morgan fingerprint density at radius 1 is 1.21 bits per heavy atom. The zero-order valence-electron chi connectivity index (χ0n) is 13.2. The minimum Gasteiger partial charge on any atom is -0.461 e. The van der Waals surface area contributed by atoms with Crippen LogP contribution in [0.1, 0.15) is 35.6 Å². The van der Waals surface area contributed by atoms with Gasteiger partial charge in [-0.15, -0.1) is 0 Å². The van der Waals surface area contributed by atoms with Gasteiger partial charge >= 0.3 is 0 Å². The smallest absolute Gasteiger partial charge is 0.220 e. The Morgan fingerprint density at radius 2 is 2.12 bits per heavy atom. The van der Waals surface area contributed by atoms with Crippen LogP contribution in [-0.2, 0) is 17.8 Å². The number of amides is 1. The first-order chi connectivity index (χ1) is 11.8. The molecule has 0 fully saturated rings. The molecule has 1 amide bonds. The third kappa shape index (κ3) is 2.97. The number of nitrogens with zero attached hydrogens (tertiary/aromatic N) is 1. The van der Waals surface area contributed by atoms with Crippen molar-refractivity contribution in [3.63, 3.8) is 0 Å². The topological polar surface area (TPSA) is 68.3 Å². The molecule has 0 radical (unpaired) electrons. The lowest BCUT2D eigenvalue weighted by molar-refractivity contribution is -0.121.